The molecule has 4 atom stereocenters. The fourth-order valence-electron chi connectivity index (χ4n) is 3.49. The Kier molecular flexibility index (Phi) is 6.34. The number of carbonyl (C=O) groups excluding carboxylic acids is 2. The number of hydrogen-bond donors (Lipinski definition) is 0. The van der Waals surface area contributed by atoms with Crippen LogP contribution in [-0.4, -0.2) is 57.8 Å². The number of ether oxygens (including phenoxy) is 3. The van der Waals surface area contributed by atoms with Crippen LogP contribution in [0.25, 0.3) is 0 Å². The Morgan fingerprint density at radius 1 is 1.00 bits per heavy atom. The standard InChI is InChI=1S/C18H25NO5/c1-19(2)16-13(11-24-10-12-8-6-5-7-9-12)14(17(20)22-3)15(16)18(21)23-4/h5-9,13-16H,10-11H2,1-4H3/t13-,14-,15+,16+/m0/s1. The molecule has 1 aromatic rings. The minimum atomic E-state index is -0.536. The highest BCUT2D eigenvalue weighted by Gasteiger charge is 2.59. The zero-order chi connectivity index (χ0) is 17.7. The Labute approximate surface area is 142 Å². The van der Waals surface area contributed by atoms with Gasteiger partial charge in [0.1, 0.15) is 0 Å². The van der Waals surface area contributed by atoms with E-state index in [1.807, 2.05) is 49.3 Å². The van der Waals surface area contributed by atoms with Crippen LogP contribution in [0.5, 0.6) is 0 Å². The highest BCUT2D eigenvalue weighted by Crippen LogP contribution is 2.45. The van der Waals surface area contributed by atoms with Crippen LogP contribution in [0.15, 0.2) is 30.3 Å². The molecule has 1 saturated carbocycles. The second kappa shape index (κ2) is 8.26. The van der Waals surface area contributed by atoms with Crippen LogP contribution >= 0.6 is 0 Å². The van der Waals surface area contributed by atoms with Crippen molar-refractivity contribution in [3.8, 4) is 0 Å². The number of methoxy groups -OCH3 is 2. The first-order valence-corrected chi connectivity index (χ1v) is 7.95. The molecule has 0 N–H and O–H groups in total. The van der Waals surface area contributed by atoms with E-state index in [1.165, 1.54) is 14.2 Å². The second-order valence-electron chi connectivity index (χ2n) is 6.22. The van der Waals surface area contributed by atoms with E-state index >= 15 is 0 Å². The summed E-state index contributed by atoms with van der Waals surface area (Å²) in [6.45, 7) is 0.847. The summed E-state index contributed by atoms with van der Waals surface area (Å²) in [6.07, 6.45) is 0. The van der Waals surface area contributed by atoms with Gasteiger partial charge in [-0.05, 0) is 19.7 Å². The zero-order valence-electron chi connectivity index (χ0n) is 14.6. The molecule has 1 fully saturated rings. The number of esters is 2. The van der Waals surface area contributed by atoms with Crippen molar-refractivity contribution in [3.05, 3.63) is 35.9 Å². The summed E-state index contributed by atoms with van der Waals surface area (Å²) in [4.78, 5) is 26.2. The van der Waals surface area contributed by atoms with E-state index in [9.17, 15) is 9.59 Å². The highest BCUT2D eigenvalue weighted by molar-refractivity contribution is 5.85. The van der Waals surface area contributed by atoms with Gasteiger partial charge in [-0.1, -0.05) is 30.3 Å². The normalized spacial score (nSPS) is 25.9. The van der Waals surface area contributed by atoms with Gasteiger partial charge in [0.05, 0.1) is 39.3 Å². The Bertz CT molecular complexity index is 560. The summed E-state index contributed by atoms with van der Waals surface area (Å²) < 4.78 is 15.6. The van der Waals surface area contributed by atoms with Gasteiger partial charge in [0, 0.05) is 12.0 Å². The van der Waals surface area contributed by atoms with E-state index < -0.39 is 17.8 Å². The molecule has 1 aliphatic rings. The van der Waals surface area contributed by atoms with Crippen LogP contribution in [0.1, 0.15) is 5.56 Å². The van der Waals surface area contributed by atoms with Gasteiger partial charge in [-0.25, -0.2) is 0 Å². The molecular formula is C18H25NO5. The lowest BCUT2D eigenvalue weighted by atomic mass is 9.60. The predicted molar refractivity (Wildman–Crippen MR) is 88.1 cm³/mol. The maximum absolute atomic E-state index is 12.1. The third-order valence-corrected chi connectivity index (χ3v) is 4.62. The van der Waals surface area contributed by atoms with E-state index in [2.05, 4.69) is 0 Å². The molecule has 6 nitrogen and oxygen atoms in total. The molecule has 0 unspecified atom stereocenters. The smallest absolute Gasteiger partial charge is 0.311 e. The summed E-state index contributed by atoms with van der Waals surface area (Å²) in [5.74, 6) is -1.95. The molecule has 0 amide bonds. The van der Waals surface area contributed by atoms with Crippen molar-refractivity contribution in [3.63, 3.8) is 0 Å². The Hall–Kier alpha value is -1.92. The second-order valence-corrected chi connectivity index (χ2v) is 6.22. The van der Waals surface area contributed by atoms with E-state index in [4.69, 9.17) is 14.2 Å². The first-order chi connectivity index (χ1) is 11.5. The van der Waals surface area contributed by atoms with Crippen molar-refractivity contribution in [2.24, 2.45) is 17.8 Å². The van der Waals surface area contributed by atoms with Crippen LogP contribution in [0.3, 0.4) is 0 Å². The number of carbonyl (C=O) groups is 2. The number of benzene rings is 1. The highest BCUT2D eigenvalue weighted by atomic mass is 16.5. The Morgan fingerprint density at radius 3 is 2.12 bits per heavy atom. The SMILES string of the molecule is COC(=O)[C@@H]1[C@@H](C(=O)OC)[C@H](COCc2ccccc2)[C@H]1N(C)C. The van der Waals surface area contributed by atoms with Crippen LogP contribution in [-0.2, 0) is 30.4 Å². The fraction of sp³-hybridized carbons (Fsp3) is 0.556. The van der Waals surface area contributed by atoms with Gasteiger partial charge in [0.2, 0.25) is 0 Å². The topological polar surface area (TPSA) is 65.1 Å². The Morgan fingerprint density at radius 2 is 1.58 bits per heavy atom. The monoisotopic (exact) mass is 335 g/mol. The number of rotatable bonds is 7. The lowest BCUT2D eigenvalue weighted by Crippen LogP contribution is -2.64. The summed E-state index contributed by atoms with van der Waals surface area (Å²) in [6, 6.07) is 9.71. The van der Waals surface area contributed by atoms with Crippen molar-refractivity contribution in [1.82, 2.24) is 4.90 Å². The van der Waals surface area contributed by atoms with Gasteiger partial charge in [-0.15, -0.1) is 0 Å². The Balaban J connectivity index is 2.06. The van der Waals surface area contributed by atoms with Crippen LogP contribution in [0.4, 0.5) is 0 Å². The summed E-state index contributed by atoms with van der Waals surface area (Å²) in [5, 5.41) is 0. The minimum absolute atomic E-state index is 0.111. The predicted octanol–water partition coefficient (Wildman–Crippen LogP) is 1.34. The van der Waals surface area contributed by atoms with Gasteiger partial charge < -0.3 is 19.1 Å². The molecule has 6 heteroatoms. The molecule has 0 radical (unpaired) electrons. The summed E-state index contributed by atoms with van der Waals surface area (Å²) in [7, 11) is 6.45. The maximum Gasteiger partial charge on any atom is 0.311 e. The van der Waals surface area contributed by atoms with Crippen molar-refractivity contribution in [1.29, 1.82) is 0 Å². The van der Waals surface area contributed by atoms with Crippen molar-refractivity contribution >= 4 is 11.9 Å². The molecule has 24 heavy (non-hydrogen) atoms. The van der Waals surface area contributed by atoms with Crippen LogP contribution in [0, 0.1) is 17.8 Å². The molecule has 2 rings (SSSR count). The third-order valence-electron chi connectivity index (χ3n) is 4.62. The van der Waals surface area contributed by atoms with Crippen molar-refractivity contribution < 1.29 is 23.8 Å². The van der Waals surface area contributed by atoms with Gasteiger partial charge in [0.25, 0.3) is 0 Å². The molecule has 1 aliphatic carbocycles. The first-order valence-electron chi connectivity index (χ1n) is 7.95. The molecule has 0 spiro atoms. The molecule has 0 heterocycles. The van der Waals surface area contributed by atoms with E-state index in [0.29, 0.717) is 13.2 Å². The van der Waals surface area contributed by atoms with E-state index in [-0.39, 0.29) is 17.9 Å². The minimum Gasteiger partial charge on any atom is -0.469 e. The van der Waals surface area contributed by atoms with Crippen molar-refractivity contribution in [2.45, 2.75) is 12.6 Å². The van der Waals surface area contributed by atoms with E-state index in [1.54, 1.807) is 0 Å². The molecule has 132 valence electrons. The van der Waals surface area contributed by atoms with Gasteiger partial charge in [-0.2, -0.15) is 0 Å². The molecule has 0 aliphatic heterocycles. The number of hydrogen-bond acceptors (Lipinski definition) is 6. The molecule has 0 saturated heterocycles. The summed E-state index contributed by atoms with van der Waals surface area (Å²) in [5.41, 5.74) is 1.07. The lowest BCUT2D eigenvalue weighted by Gasteiger charge is -2.51. The fourth-order valence-corrected chi connectivity index (χ4v) is 3.49. The number of nitrogens with zero attached hydrogens (tertiary/aromatic N) is 1. The van der Waals surface area contributed by atoms with Crippen LogP contribution in [0.2, 0.25) is 0 Å². The quantitative estimate of drug-likeness (QED) is 0.701. The average Bonchev–Trinajstić information content (AvgIpc) is 2.57. The molecule has 0 aromatic heterocycles. The summed E-state index contributed by atoms with van der Waals surface area (Å²) >= 11 is 0. The van der Waals surface area contributed by atoms with Crippen LogP contribution < -0.4 is 0 Å². The largest absolute Gasteiger partial charge is 0.469 e. The molecule has 1 aromatic carbocycles. The zero-order valence-corrected chi connectivity index (χ0v) is 14.6. The first kappa shape index (κ1) is 18.4. The van der Waals surface area contributed by atoms with Gasteiger partial charge in [0.15, 0.2) is 0 Å². The van der Waals surface area contributed by atoms with E-state index in [0.717, 1.165) is 5.56 Å². The van der Waals surface area contributed by atoms with Gasteiger partial charge in [-0.3, -0.25) is 9.59 Å². The lowest BCUT2D eigenvalue weighted by molar-refractivity contribution is -0.184. The average molecular weight is 335 g/mol. The molecular weight excluding hydrogens is 310 g/mol. The molecule has 0 bridgehead atoms. The van der Waals surface area contributed by atoms with Gasteiger partial charge >= 0.3 is 11.9 Å². The third kappa shape index (κ3) is 3.76. The maximum atomic E-state index is 12.1. The van der Waals surface area contributed by atoms with Crippen molar-refractivity contribution in [2.75, 3.05) is 34.9 Å².